The van der Waals surface area contributed by atoms with Crippen molar-refractivity contribution in [2.75, 3.05) is 58.4 Å². The normalized spacial score (nSPS) is 19.6. The zero-order chi connectivity index (χ0) is 19.7. The monoisotopic (exact) mass is 384 g/mol. The van der Waals surface area contributed by atoms with Crippen LogP contribution in [0, 0.1) is 6.92 Å². The standard InChI is InChI=1S/C22H32N4O2/c1-16-20(15-25(3)17-6-8-24(2)9-7-17)22(27)19-14-18(4-5-21(19)23-16)26-10-12-28-13-11-26/h4-5,14,17H,6-13,15H2,1-3H3,(H,23,27). The Kier molecular flexibility index (Phi) is 5.71. The van der Waals surface area contributed by atoms with E-state index in [9.17, 15) is 4.79 Å². The Hall–Kier alpha value is -1.89. The Morgan fingerprint density at radius 1 is 1.18 bits per heavy atom. The molecule has 28 heavy (non-hydrogen) atoms. The second-order valence-corrected chi connectivity index (χ2v) is 8.34. The van der Waals surface area contributed by atoms with Gasteiger partial charge in [-0.15, -0.1) is 0 Å². The molecule has 6 nitrogen and oxygen atoms in total. The van der Waals surface area contributed by atoms with Crippen LogP contribution in [0.3, 0.4) is 0 Å². The highest BCUT2D eigenvalue weighted by atomic mass is 16.5. The topological polar surface area (TPSA) is 51.8 Å². The van der Waals surface area contributed by atoms with Gasteiger partial charge in [-0.1, -0.05) is 0 Å². The number of nitrogens with one attached hydrogen (secondary N) is 1. The molecule has 6 heteroatoms. The van der Waals surface area contributed by atoms with Crippen LogP contribution in [0.25, 0.3) is 10.9 Å². The molecule has 2 fully saturated rings. The van der Waals surface area contributed by atoms with Crippen molar-refractivity contribution < 1.29 is 4.74 Å². The van der Waals surface area contributed by atoms with Crippen LogP contribution in [0.2, 0.25) is 0 Å². The quantitative estimate of drug-likeness (QED) is 0.876. The van der Waals surface area contributed by atoms with Gasteiger partial charge in [0.15, 0.2) is 5.43 Å². The van der Waals surface area contributed by atoms with Crippen molar-refractivity contribution in [2.45, 2.75) is 32.4 Å². The van der Waals surface area contributed by atoms with Gasteiger partial charge >= 0.3 is 0 Å². The highest BCUT2D eigenvalue weighted by molar-refractivity contribution is 5.83. The molecular formula is C22H32N4O2. The number of morpholine rings is 1. The van der Waals surface area contributed by atoms with Crippen LogP contribution >= 0.6 is 0 Å². The smallest absolute Gasteiger partial charge is 0.194 e. The van der Waals surface area contributed by atoms with E-state index in [0.29, 0.717) is 12.6 Å². The van der Waals surface area contributed by atoms with Crippen molar-refractivity contribution >= 4 is 16.6 Å². The zero-order valence-electron chi connectivity index (χ0n) is 17.3. The third-order valence-corrected chi connectivity index (χ3v) is 6.39. The molecule has 0 bridgehead atoms. The SMILES string of the molecule is Cc1[nH]c2ccc(N3CCOCC3)cc2c(=O)c1CN(C)C1CCN(C)CC1. The number of fused-ring (bicyclic) bond motifs is 1. The van der Waals surface area contributed by atoms with Crippen molar-refractivity contribution in [3.8, 4) is 0 Å². The summed E-state index contributed by atoms with van der Waals surface area (Å²) >= 11 is 0. The summed E-state index contributed by atoms with van der Waals surface area (Å²) in [5, 5.41) is 0.793. The average molecular weight is 385 g/mol. The molecule has 2 aliphatic rings. The van der Waals surface area contributed by atoms with E-state index in [2.05, 4.69) is 45.9 Å². The lowest BCUT2D eigenvalue weighted by atomic mass is 10.0. The average Bonchev–Trinajstić information content (AvgIpc) is 2.72. The molecule has 0 saturated carbocycles. The predicted molar refractivity (Wildman–Crippen MR) is 114 cm³/mol. The number of piperidine rings is 1. The minimum atomic E-state index is 0.168. The molecule has 2 aromatic rings. The van der Waals surface area contributed by atoms with Gasteiger partial charge in [-0.25, -0.2) is 0 Å². The van der Waals surface area contributed by atoms with E-state index in [0.717, 1.165) is 67.2 Å². The number of hydrogen-bond acceptors (Lipinski definition) is 5. The maximum absolute atomic E-state index is 13.4. The van der Waals surface area contributed by atoms with Gasteiger partial charge < -0.3 is 19.5 Å². The number of ether oxygens (including phenoxy) is 1. The van der Waals surface area contributed by atoms with Gasteiger partial charge in [0, 0.05) is 53.5 Å². The fourth-order valence-electron chi connectivity index (χ4n) is 4.46. The molecule has 1 aromatic heterocycles. The predicted octanol–water partition coefficient (Wildman–Crippen LogP) is 2.20. The number of H-pyrrole nitrogens is 1. The highest BCUT2D eigenvalue weighted by Gasteiger charge is 2.22. The van der Waals surface area contributed by atoms with E-state index in [1.807, 2.05) is 13.0 Å². The lowest BCUT2D eigenvalue weighted by molar-refractivity contribution is 0.122. The Balaban J connectivity index is 1.61. The Labute approximate surface area is 167 Å². The molecule has 0 unspecified atom stereocenters. The second-order valence-electron chi connectivity index (χ2n) is 8.34. The highest BCUT2D eigenvalue weighted by Crippen LogP contribution is 2.22. The first-order valence-corrected chi connectivity index (χ1v) is 10.4. The summed E-state index contributed by atoms with van der Waals surface area (Å²) in [7, 11) is 4.34. The molecule has 0 spiro atoms. The van der Waals surface area contributed by atoms with Crippen LogP contribution in [0.5, 0.6) is 0 Å². The maximum Gasteiger partial charge on any atom is 0.194 e. The summed E-state index contributed by atoms with van der Waals surface area (Å²) in [4.78, 5) is 23.9. The first kappa shape index (κ1) is 19.4. The van der Waals surface area contributed by atoms with Crippen LogP contribution in [-0.4, -0.2) is 74.3 Å². The number of pyridine rings is 1. The summed E-state index contributed by atoms with van der Waals surface area (Å²) < 4.78 is 5.46. The van der Waals surface area contributed by atoms with Gasteiger partial charge in [-0.3, -0.25) is 9.69 Å². The van der Waals surface area contributed by atoms with Gasteiger partial charge in [0.1, 0.15) is 0 Å². The first-order valence-electron chi connectivity index (χ1n) is 10.4. The summed E-state index contributed by atoms with van der Waals surface area (Å²) in [6.45, 7) is 8.23. The van der Waals surface area contributed by atoms with Crippen molar-refractivity contribution in [1.29, 1.82) is 0 Å². The zero-order valence-corrected chi connectivity index (χ0v) is 17.3. The fraction of sp³-hybridized carbons (Fsp3) is 0.591. The molecule has 3 heterocycles. The Morgan fingerprint density at radius 3 is 2.61 bits per heavy atom. The molecule has 2 aliphatic heterocycles. The molecular weight excluding hydrogens is 352 g/mol. The van der Waals surface area contributed by atoms with Crippen LogP contribution in [0.15, 0.2) is 23.0 Å². The summed E-state index contributed by atoms with van der Waals surface area (Å²) in [6, 6.07) is 6.75. The van der Waals surface area contributed by atoms with E-state index in [1.165, 1.54) is 12.8 Å². The van der Waals surface area contributed by atoms with Gasteiger partial charge in [0.05, 0.1) is 13.2 Å². The van der Waals surface area contributed by atoms with E-state index in [4.69, 9.17) is 4.74 Å². The number of aromatic nitrogens is 1. The number of anilines is 1. The maximum atomic E-state index is 13.4. The van der Waals surface area contributed by atoms with Gasteiger partial charge in [-0.2, -0.15) is 0 Å². The van der Waals surface area contributed by atoms with E-state index in [-0.39, 0.29) is 5.43 Å². The third kappa shape index (κ3) is 3.95. The van der Waals surface area contributed by atoms with E-state index >= 15 is 0 Å². The summed E-state index contributed by atoms with van der Waals surface area (Å²) in [5.41, 5.74) is 4.08. The van der Waals surface area contributed by atoms with Gasteiger partial charge in [0.2, 0.25) is 0 Å². The number of likely N-dealkylation sites (tertiary alicyclic amines) is 1. The Bertz CT molecular complexity index is 880. The number of nitrogens with zero attached hydrogens (tertiary/aromatic N) is 3. The van der Waals surface area contributed by atoms with Crippen LogP contribution in [0.4, 0.5) is 5.69 Å². The lowest BCUT2D eigenvalue weighted by Crippen LogP contribution is -2.42. The van der Waals surface area contributed by atoms with Crippen molar-refractivity contribution in [3.05, 3.63) is 39.7 Å². The molecule has 1 N–H and O–H groups in total. The summed E-state index contributed by atoms with van der Waals surface area (Å²) in [5.74, 6) is 0. The third-order valence-electron chi connectivity index (χ3n) is 6.39. The molecule has 0 amide bonds. The van der Waals surface area contributed by atoms with Gasteiger partial charge in [0.25, 0.3) is 0 Å². The molecule has 2 saturated heterocycles. The van der Waals surface area contributed by atoms with E-state index in [1.54, 1.807) is 0 Å². The van der Waals surface area contributed by atoms with Crippen molar-refractivity contribution in [3.63, 3.8) is 0 Å². The number of aromatic amines is 1. The van der Waals surface area contributed by atoms with Crippen LogP contribution in [-0.2, 0) is 11.3 Å². The molecule has 0 aliphatic carbocycles. The number of hydrogen-bond donors (Lipinski definition) is 1. The Morgan fingerprint density at radius 2 is 1.89 bits per heavy atom. The lowest BCUT2D eigenvalue weighted by Gasteiger charge is -2.35. The fourth-order valence-corrected chi connectivity index (χ4v) is 4.46. The minimum absolute atomic E-state index is 0.168. The molecule has 152 valence electrons. The number of rotatable bonds is 4. The van der Waals surface area contributed by atoms with Crippen molar-refractivity contribution in [2.24, 2.45) is 0 Å². The van der Waals surface area contributed by atoms with Crippen LogP contribution in [0.1, 0.15) is 24.1 Å². The van der Waals surface area contributed by atoms with E-state index < -0.39 is 0 Å². The number of benzene rings is 1. The molecule has 1 aromatic carbocycles. The minimum Gasteiger partial charge on any atom is -0.378 e. The van der Waals surface area contributed by atoms with Crippen molar-refractivity contribution in [1.82, 2.24) is 14.8 Å². The second kappa shape index (κ2) is 8.23. The largest absolute Gasteiger partial charge is 0.378 e. The van der Waals surface area contributed by atoms with Crippen LogP contribution < -0.4 is 10.3 Å². The number of aryl methyl sites for hydroxylation is 1. The molecule has 0 radical (unpaired) electrons. The first-order chi connectivity index (χ1) is 13.5. The molecule has 0 atom stereocenters. The molecule has 4 rings (SSSR count). The summed E-state index contributed by atoms with van der Waals surface area (Å²) in [6.07, 6.45) is 2.33. The van der Waals surface area contributed by atoms with Gasteiger partial charge in [-0.05, 0) is 65.1 Å².